The Hall–Kier alpha value is -1.17. The lowest BCUT2D eigenvalue weighted by Gasteiger charge is -2.37. The summed E-state index contributed by atoms with van der Waals surface area (Å²) in [5, 5.41) is 9.31. The van der Waals surface area contributed by atoms with Crippen molar-refractivity contribution in [3.8, 4) is 0 Å². The van der Waals surface area contributed by atoms with Crippen LogP contribution in [0.4, 0.5) is 0 Å². The van der Waals surface area contributed by atoms with Crippen molar-refractivity contribution in [2.75, 3.05) is 26.2 Å². The number of carboxylic acids is 1. The van der Waals surface area contributed by atoms with Gasteiger partial charge in [-0.15, -0.1) is 0 Å². The molecule has 0 amide bonds. The third-order valence-corrected chi connectivity index (χ3v) is 10.1. The monoisotopic (exact) mass is 349 g/mol. The van der Waals surface area contributed by atoms with Crippen LogP contribution in [0.15, 0.2) is 30.3 Å². The van der Waals surface area contributed by atoms with Gasteiger partial charge in [0.2, 0.25) is 0 Å². The van der Waals surface area contributed by atoms with Crippen LogP contribution in [0.3, 0.4) is 0 Å². The van der Waals surface area contributed by atoms with Gasteiger partial charge in [-0.2, -0.15) is 0 Å². The average Bonchev–Trinajstić information content (AvgIpc) is 2.87. The maximum Gasteiger partial charge on any atom is 0.317 e. The number of nitrogens with zero attached hydrogens (tertiary/aromatic N) is 1. The van der Waals surface area contributed by atoms with E-state index in [4.69, 9.17) is 9.53 Å². The summed E-state index contributed by atoms with van der Waals surface area (Å²) in [5.41, 5.74) is 1.29. The first kappa shape index (κ1) is 19.2. The minimum atomic E-state index is -1.79. The minimum Gasteiger partial charge on any atom is -0.480 e. The Morgan fingerprint density at radius 1 is 1.25 bits per heavy atom. The number of hydrogen-bond donors (Lipinski definition) is 1. The van der Waals surface area contributed by atoms with Crippen molar-refractivity contribution < 1.29 is 14.3 Å². The highest BCUT2D eigenvalue weighted by atomic mass is 28.4. The predicted molar refractivity (Wildman–Crippen MR) is 99.9 cm³/mol. The van der Waals surface area contributed by atoms with Gasteiger partial charge in [-0.05, 0) is 23.7 Å². The second-order valence-corrected chi connectivity index (χ2v) is 13.2. The highest BCUT2D eigenvalue weighted by Crippen LogP contribution is 2.39. The normalized spacial score (nSPS) is 22.7. The lowest BCUT2D eigenvalue weighted by molar-refractivity contribution is -0.138. The zero-order chi connectivity index (χ0) is 18.0. The molecule has 1 aromatic rings. The molecule has 5 heteroatoms. The molecule has 0 aromatic heterocycles. The fraction of sp³-hybridized carbons (Fsp3) is 0.632. The Kier molecular flexibility index (Phi) is 5.89. The molecule has 0 spiro atoms. The van der Waals surface area contributed by atoms with Gasteiger partial charge in [0.25, 0.3) is 0 Å². The molecule has 1 N–H and O–H groups in total. The molecule has 1 aromatic carbocycles. The third kappa shape index (κ3) is 4.68. The highest BCUT2D eigenvalue weighted by Gasteiger charge is 2.40. The molecule has 134 valence electrons. The van der Waals surface area contributed by atoms with Gasteiger partial charge in [0.05, 0.1) is 6.54 Å². The van der Waals surface area contributed by atoms with Crippen LogP contribution in [-0.4, -0.2) is 50.5 Å². The zero-order valence-corrected chi connectivity index (χ0v) is 16.6. The van der Waals surface area contributed by atoms with Crippen LogP contribution in [0.25, 0.3) is 0 Å². The van der Waals surface area contributed by atoms with Gasteiger partial charge in [-0.1, -0.05) is 51.1 Å². The van der Waals surface area contributed by atoms with Gasteiger partial charge >= 0.3 is 5.97 Å². The largest absolute Gasteiger partial charge is 0.480 e. The summed E-state index contributed by atoms with van der Waals surface area (Å²) in [7, 11) is -1.79. The van der Waals surface area contributed by atoms with Gasteiger partial charge in [0.15, 0.2) is 8.32 Å². The fourth-order valence-electron chi connectivity index (χ4n) is 3.06. The minimum absolute atomic E-state index is 0.111. The van der Waals surface area contributed by atoms with E-state index in [-0.39, 0.29) is 11.6 Å². The van der Waals surface area contributed by atoms with E-state index in [1.807, 2.05) is 11.0 Å². The van der Waals surface area contributed by atoms with Crippen LogP contribution < -0.4 is 0 Å². The van der Waals surface area contributed by atoms with Gasteiger partial charge < -0.3 is 9.53 Å². The summed E-state index contributed by atoms with van der Waals surface area (Å²) < 4.78 is 6.45. The number of rotatable bonds is 6. The Balaban J connectivity index is 2.10. The summed E-state index contributed by atoms with van der Waals surface area (Å²) in [5.74, 6) is -0.0658. The molecule has 4 nitrogen and oxygen atoms in total. The average molecular weight is 350 g/mol. The number of aliphatic carboxylic acids is 1. The number of hydrogen-bond acceptors (Lipinski definition) is 3. The molecule has 1 aliphatic rings. The summed E-state index contributed by atoms with van der Waals surface area (Å²) in [4.78, 5) is 13.1. The van der Waals surface area contributed by atoms with E-state index in [9.17, 15) is 4.79 Å². The molecule has 1 fully saturated rings. The maximum absolute atomic E-state index is 11.1. The highest BCUT2D eigenvalue weighted by molar-refractivity contribution is 6.74. The van der Waals surface area contributed by atoms with E-state index in [1.165, 1.54) is 5.56 Å². The molecule has 0 radical (unpaired) electrons. The first-order chi connectivity index (χ1) is 11.1. The first-order valence-corrected chi connectivity index (χ1v) is 11.6. The second kappa shape index (κ2) is 7.38. The summed E-state index contributed by atoms with van der Waals surface area (Å²) >= 11 is 0. The molecule has 1 saturated heterocycles. The number of benzene rings is 1. The van der Waals surface area contributed by atoms with Crippen molar-refractivity contribution in [3.05, 3.63) is 35.9 Å². The summed E-state index contributed by atoms with van der Waals surface area (Å²) in [6.45, 7) is 13.7. The molecule has 0 saturated carbocycles. The van der Waals surface area contributed by atoms with Crippen molar-refractivity contribution in [3.63, 3.8) is 0 Å². The summed E-state index contributed by atoms with van der Waals surface area (Å²) in [6.07, 6.45) is 0. The predicted octanol–water partition coefficient (Wildman–Crippen LogP) is 3.81. The van der Waals surface area contributed by atoms with Gasteiger partial charge in [-0.25, -0.2) is 0 Å². The van der Waals surface area contributed by atoms with Crippen LogP contribution in [0.1, 0.15) is 32.3 Å². The molecule has 1 aliphatic heterocycles. The van der Waals surface area contributed by atoms with E-state index < -0.39 is 14.3 Å². The molecule has 1 heterocycles. The first-order valence-electron chi connectivity index (χ1n) is 8.73. The number of carbonyl (C=O) groups is 1. The van der Waals surface area contributed by atoms with Crippen LogP contribution in [0.2, 0.25) is 18.1 Å². The Morgan fingerprint density at radius 2 is 1.88 bits per heavy atom. The Labute approximate surface area is 147 Å². The molecular formula is C19H31NO3Si. The lowest BCUT2D eigenvalue weighted by Crippen LogP contribution is -2.42. The Morgan fingerprint density at radius 3 is 2.42 bits per heavy atom. The van der Waals surface area contributed by atoms with Crippen molar-refractivity contribution in [2.24, 2.45) is 5.92 Å². The van der Waals surface area contributed by atoms with Crippen molar-refractivity contribution in [1.82, 2.24) is 4.90 Å². The fourth-order valence-corrected chi connectivity index (χ4v) is 4.12. The molecule has 2 atom stereocenters. The maximum atomic E-state index is 11.1. The molecule has 0 aliphatic carbocycles. The SMILES string of the molecule is CC(C)(C)[Si](C)(C)OC[C@H]1CN(CC(=O)O)C[C@@H]1c1ccccc1. The molecule has 24 heavy (non-hydrogen) atoms. The summed E-state index contributed by atoms with van der Waals surface area (Å²) in [6, 6.07) is 10.4. The van der Waals surface area contributed by atoms with Crippen molar-refractivity contribution >= 4 is 14.3 Å². The number of likely N-dealkylation sites (tertiary alicyclic amines) is 1. The van der Waals surface area contributed by atoms with Gasteiger partial charge in [0.1, 0.15) is 0 Å². The van der Waals surface area contributed by atoms with E-state index in [2.05, 4.69) is 58.1 Å². The van der Waals surface area contributed by atoms with Crippen molar-refractivity contribution in [2.45, 2.75) is 44.8 Å². The van der Waals surface area contributed by atoms with Gasteiger partial charge in [0, 0.05) is 31.5 Å². The second-order valence-electron chi connectivity index (χ2n) is 8.44. The van der Waals surface area contributed by atoms with Crippen LogP contribution >= 0.6 is 0 Å². The smallest absolute Gasteiger partial charge is 0.317 e. The van der Waals surface area contributed by atoms with Crippen LogP contribution in [0.5, 0.6) is 0 Å². The van der Waals surface area contributed by atoms with Crippen LogP contribution in [0, 0.1) is 5.92 Å². The molecular weight excluding hydrogens is 318 g/mol. The van der Waals surface area contributed by atoms with Gasteiger partial charge in [-0.3, -0.25) is 9.69 Å². The van der Waals surface area contributed by atoms with E-state index in [0.717, 1.165) is 13.1 Å². The van der Waals surface area contributed by atoms with Crippen molar-refractivity contribution in [1.29, 1.82) is 0 Å². The molecule has 2 rings (SSSR count). The standard InChI is InChI=1S/C19H31NO3Si/c1-19(2,3)24(4,5)23-14-16-11-20(13-18(21)22)12-17(16)15-9-7-6-8-10-15/h6-10,16-17H,11-14H2,1-5H3,(H,21,22)/t16-,17-/m1/s1. The van der Waals surface area contributed by atoms with E-state index in [1.54, 1.807) is 0 Å². The topological polar surface area (TPSA) is 49.8 Å². The zero-order valence-electron chi connectivity index (χ0n) is 15.6. The van der Waals surface area contributed by atoms with E-state index in [0.29, 0.717) is 18.4 Å². The Bertz CT molecular complexity index is 553. The number of carboxylic acid groups (broad SMARTS) is 1. The molecule has 0 bridgehead atoms. The third-order valence-electron chi connectivity index (χ3n) is 5.57. The molecule has 0 unspecified atom stereocenters. The lowest BCUT2D eigenvalue weighted by atomic mass is 9.90. The van der Waals surface area contributed by atoms with Crippen LogP contribution in [-0.2, 0) is 9.22 Å². The quantitative estimate of drug-likeness (QED) is 0.794. The van der Waals surface area contributed by atoms with E-state index >= 15 is 0 Å².